The molecular weight excluding hydrogens is 228 g/mol. The highest BCUT2D eigenvalue weighted by Gasteiger charge is 2.31. The van der Waals surface area contributed by atoms with Gasteiger partial charge in [-0.25, -0.2) is 8.42 Å². The van der Waals surface area contributed by atoms with Crippen molar-refractivity contribution in [3.8, 4) is 0 Å². The number of piperazine rings is 1. The van der Waals surface area contributed by atoms with Crippen molar-refractivity contribution >= 4 is 10.0 Å². The van der Waals surface area contributed by atoms with Gasteiger partial charge in [0.15, 0.2) is 0 Å². The molecule has 0 bridgehead atoms. The highest BCUT2D eigenvalue weighted by molar-refractivity contribution is 7.89. The fourth-order valence-electron chi connectivity index (χ4n) is 1.85. The molecule has 16 heavy (non-hydrogen) atoms. The third-order valence-electron chi connectivity index (χ3n) is 2.73. The lowest BCUT2D eigenvalue weighted by molar-refractivity contribution is 0.284. The van der Waals surface area contributed by atoms with Crippen molar-refractivity contribution < 1.29 is 8.42 Å². The molecule has 1 fully saturated rings. The molecule has 1 aromatic rings. The monoisotopic (exact) mass is 244 g/mol. The average molecular weight is 244 g/mol. The lowest BCUT2D eigenvalue weighted by Crippen LogP contribution is -2.52. The van der Waals surface area contributed by atoms with E-state index in [-0.39, 0.29) is 10.9 Å². The lowest BCUT2D eigenvalue weighted by atomic mass is 10.3. The van der Waals surface area contributed by atoms with Gasteiger partial charge in [0, 0.05) is 38.9 Å². The van der Waals surface area contributed by atoms with Crippen LogP contribution in [0.25, 0.3) is 0 Å². The first-order valence-corrected chi connectivity index (χ1v) is 6.67. The van der Waals surface area contributed by atoms with Crippen LogP contribution in [0.4, 0.5) is 0 Å². The van der Waals surface area contributed by atoms with E-state index in [0.29, 0.717) is 19.6 Å². The minimum Gasteiger partial charge on any atom is -0.314 e. The summed E-state index contributed by atoms with van der Waals surface area (Å²) in [4.78, 5) is 0.267. The second-order valence-electron chi connectivity index (χ2n) is 4.02. The number of rotatable bonds is 2. The Morgan fingerprint density at radius 1 is 1.56 bits per heavy atom. The van der Waals surface area contributed by atoms with Gasteiger partial charge in [-0.05, 0) is 6.92 Å². The van der Waals surface area contributed by atoms with E-state index in [4.69, 9.17) is 0 Å². The number of aryl methyl sites for hydroxylation is 1. The average Bonchev–Trinajstić information content (AvgIpc) is 2.66. The van der Waals surface area contributed by atoms with Gasteiger partial charge in [0.05, 0.1) is 6.20 Å². The third kappa shape index (κ3) is 1.98. The number of nitrogens with zero attached hydrogens (tertiary/aromatic N) is 3. The van der Waals surface area contributed by atoms with E-state index in [0.717, 1.165) is 0 Å². The minimum absolute atomic E-state index is 0.0149. The Morgan fingerprint density at radius 2 is 2.31 bits per heavy atom. The predicted molar refractivity (Wildman–Crippen MR) is 59.4 cm³/mol. The summed E-state index contributed by atoms with van der Waals surface area (Å²) in [6.07, 6.45) is 2.92. The van der Waals surface area contributed by atoms with Gasteiger partial charge in [-0.15, -0.1) is 0 Å². The van der Waals surface area contributed by atoms with Crippen LogP contribution in [0.5, 0.6) is 0 Å². The maximum Gasteiger partial charge on any atom is 0.246 e. The standard InChI is InChI=1S/C9H16N4O2S/c1-8-5-10-3-4-13(8)16(14,15)9-6-11-12(2)7-9/h6-8,10H,3-5H2,1-2H3. The van der Waals surface area contributed by atoms with Crippen molar-refractivity contribution in [2.75, 3.05) is 19.6 Å². The zero-order chi connectivity index (χ0) is 11.8. The molecule has 0 spiro atoms. The molecule has 1 aliphatic heterocycles. The summed E-state index contributed by atoms with van der Waals surface area (Å²) in [5, 5.41) is 7.06. The SMILES string of the molecule is CC1CNCCN1S(=O)(=O)c1cnn(C)c1. The number of aromatic nitrogens is 2. The van der Waals surface area contributed by atoms with E-state index in [9.17, 15) is 8.42 Å². The van der Waals surface area contributed by atoms with Gasteiger partial charge in [0.2, 0.25) is 10.0 Å². The Balaban J connectivity index is 2.31. The summed E-state index contributed by atoms with van der Waals surface area (Å²) < 4.78 is 27.5. The molecule has 6 nitrogen and oxygen atoms in total. The highest BCUT2D eigenvalue weighted by atomic mass is 32.2. The molecule has 0 radical (unpaired) electrons. The van der Waals surface area contributed by atoms with Gasteiger partial charge in [0.25, 0.3) is 0 Å². The number of sulfonamides is 1. The predicted octanol–water partition coefficient (Wildman–Crippen LogP) is -0.597. The molecule has 7 heteroatoms. The van der Waals surface area contributed by atoms with Crippen LogP contribution in [0, 0.1) is 0 Å². The summed E-state index contributed by atoms with van der Waals surface area (Å²) in [6, 6.07) is -0.0149. The normalized spacial score (nSPS) is 23.5. The molecule has 0 aliphatic carbocycles. The molecule has 0 amide bonds. The molecule has 90 valence electrons. The quantitative estimate of drug-likeness (QED) is 0.754. The van der Waals surface area contributed by atoms with Gasteiger partial charge >= 0.3 is 0 Å². The molecule has 0 saturated carbocycles. The molecule has 1 aromatic heterocycles. The van der Waals surface area contributed by atoms with Gasteiger partial charge in [-0.1, -0.05) is 0 Å². The van der Waals surface area contributed by atoms with E-state index in [1.165, 1.54) is 21.4 Å². The van der Waals surface area contributed by atoms with E-state index >= 15 is 0 Å². The third-order valence-corrected chi connectivity index (χ3v) is 4.69. The van der Waals surface area contributed by atoms with E-state index < -0.39 is 10.0 Å². The second kappa shape index (κ2) is 4.15. The molecule has 1 aliphatic rings. The Bertz CT molecular complexity index is 468. The number of hydrogen-bond donors (Lipinski definition) is 1. The van der Waals surface area contributed by atoms with Crippen molar-refractivity contribution in [1.82, 2.24) is 19.4 Å². The maximum absolute atomic E-state index is 12.3. The first-order chi connectivity index (χ1) is 7.51. The van der Waals surface area contributed by atoms with Crippen LogP contribution < -0.4 is 5.32 Å². The molecule has 1 unspecified atom stereocenters. The largest absolute Gasteiger partial charge is 0.314 e. The van der Waals surface area contributed by atoms with Gasteiger partial charge in [0.1, 0.15) is 4.90 Å². The molecule has 1 N–H and O–H groups in total. The zero-order valence-corrected chi connectivity index (χ0v) is 10.2. The van der Waals surface area contributed by atoms with Crippen molar-refractivity contribution in [3.63, 3.8) is 0 Å². The van der Waals surface area contributed by atoms with Crippen LogP contribution in [0.2, 0.25) is 0 Å². The topological polar surface area (TPSA) is 67.2 Å². The number of nitrogens with one attached hydrogen (secondary N) is 1. The maximum atomic E-state index is 12.3. The Morgan fingerprint density at radius 3 is 2.88 bits per heavy atom. The van der Waals surface area contributed by atoms with Gasteiger partial charge < -0.3 is 5.32 Å². The summed E-state index contributed by atoms with van der Waals surface area (Å²) in [7, 11) is -1.67. The molecule has 0 aromatic carbocycles. The molecule has 2 heterocycles. The van der Waals surface area contributed by atoms with Crippen LogP contribution in [0.3, 0.4) is 0 Å². The lowest BCUT2D eigenvalue weighted by Gasteiger charge is -2.32. The van der Waals surface area contributed by atoms with Crippen LogP contribution in [-0.2, 0) is 17.1 Å². The van der Waals surface area contributed by atoms with Crippen molar-refractivity contribution in [1.29, 1.82) is 0 Å². The van der Waals surface area contributed by atoms with Crippen LogP contribution in [0.15, 0.2) is 17.3 Å². The Kier molecular flexibility index (Phi) is 3.00. The van der Waals surface area contributed by atoms with E-state index in [1.807, 2.05) is 6.92 Å². The minimum atomic E-state index is -3.38. The first kappa shape index (κ1) is 11.6. The smallest absolute Gasteiger partial charge is 0.246 e. The van der Waals surface area contributed by atoms with Crippen molar-refractivity contribution in [3.05, 3.63) is 12.4 Å². The fraction of sp³-hybridized carbons (Fsp3) is 0.667. The molecule has 2 rings (SSSR count). The Labute approximate surface area is 95.3 Å². The fourth-order valence-corrected chi connectivity index (χ4v) is 3.46. The molecule has 1 atom stereocenters. The van der Waals surface area contributed by atoms with Crippen LogP contribution in [-0.4, -0.2) is 48.2 Å². The summed E-state index contributed by atoms with van der Waals surface area (Å²) in [5.41, 5.74) is 0. The molecule has 1 saturated heterocycles. The zero-order valence-electron chi connectivity index (χ0n) is 9.42. The van der Waals surface area contributed by atoms with Gasteiger partial charge in [-0.2, -0.15) is 9.40 Å². The van der Waals surface area contributed by atoms with Crippen LogP contribution in [0.1, 0.15) is 6.92 Å². The molecular formula is C9H16N4O2S. The van der Waals surface area contributed by atoms with Crippen molar-refractivity contribution in [2.24, 2.45) is 7.05 Å². The number of hydrogen-bond acceptors (Lipinski definition) is 4. The first-order valence-electron chi connectivity index (χ1n) is 5.23. The summed E-state index contributed by atoms with van der Waals surface area (Å²) in [6.45, 7) is 3.81. The van der Waals surface area contributed by atoms with E-state index in [2.05, 4.69) is 10.4 Å². The van der Waals surface area contributed by atoms with E-state index in [1.54, 1.807) is 7.05 Å². The Hall–Kier alpha value is -0.920. The summed E-state index contributed by atoms with van der Waals surface area (Å²) >= 11 is 0. The van der Waals surface area contributed by atoms with Gasteiger partial charge in [-0.3, -0.25) is 4.68 Å². The second-order valence-corrected chi connectivity index (χ2v) is 5.91. The van der Waals surface area contributed by atoms with Crippen molar-refractivity contribution in [2.45, 2.75) is 17.9 Å². The van der Waals surface area contributed by atoms with Crippen LogP contribution >= 0.6 is 0 Å². The highest BCUT2D eigenvalue weighted by Crippen LogP contribution is 2.18. The summed E-state index contributed by atoms with van der Waals surface area (Å²) in [5.74, 6) is 0.